The molecule has 0 fully saturated rings. The second-order valence-electron chi connectivity index (χ2n) is 1.20. The Morgan fingerprint density at radius 1 is 1.71 bits per heavy atom. The van der Waals surface area contributed by atoms with Crippen LogP contribution in [0.25, 0.3) is 0 Å². The maximum atomic E-state index is 8.42. The minimum absolute atomic E-state index is 0.639. The molecule has 0 amide bonds. The molecule has 42 valence electrons. The largest absolute Gasteiger partial charge is 0.370 e. The van der Waals surface area contributed by atoms with Crippen LogP contribution >= 0.6 is 0 Å². The average molecular weight is 102 g/mol. The highest BCUT2D eigenvalue weighted by atomic mass is 16.3. The Balaban J connectivity index is 3.08. The second-order valence-corrected chi connectivity index (χ2v) is 1.20. The molecule has 1 N–H and O–H groups in total. The van der Waals surface area contributed by atoms with E-state index in [9.17, 15) is 0 Å². The first kappa shape index (κ1) is 6.56. The van der Waals surface area contributed by atoms with Crippen molar-refractivity contribution >= 4 is 0 Å². The molecule has 0 aromatic heterocycles. The van der Waals surface area contributed by atoms with E-state index in [0.29, 0.717) is 6.54 Å². The van der Waals surface area contributed by atoms with Gasteiger partial charge in [-0.1, -0.05) is 0 Å². The molecule has 7 heavy (non-hydrogen) atoms. The van der Waals surface area contributed by atoms with Gasteiger partial charge in [-0.25, -0.2) is 0 Å². The minimum atomic E-state index is -0.639. The van der Waals surface area contributed by atoms with Gasteiger partial charge in [0.25, 0.3) is 0 Å². The highest BCUT2D eigenvalue weighted by Crippen LogP contribution is 1.81. The molecule has 0 saturated carbocycles. The number of hydrogen-bond donors (Lipinski definition) is 1. The van der Waals surface area contributed by atoms with Gasteiger partial charge in [-0.15, -0.1) is 0 Å². The molecule has 0 spiro atoms. The average Bonchev–Trinajstić information content (AvgIpc) is 1.61. The van der Waals surface area contributed by atoms with Crippen molar-refractivity contribution in [2.24, 2.45) is 10.2 Å². The molecule has 0 aliphatic heterocycles. The molecule has 3 heteroatoms. The number of aliphatic hydroxyl groups excluding tert-OH is 1. The van der Waals surface area contributed by atoms with E-state index < -0.39 is 6.23 Å². The van der Waals surface area contributed by atoms with Gasteiger partial charge >= 0.3 is 0 Å². The van der Waals surface area contributed by atoms with Gasteiger partial charge < -0.3 is 5.11 Å². The zero-order chi connectivity index (χ0) is 5.70. The van der Waals surface area contributed by atoms with Gasteiger partial charge in [0.05, 0.1) is 6.54 Å². The lowest BCUT2D eigenvalue weighted by Gasteiger charge is -1.88. The fraction of sp³-hybridized carbons (Fsp3) is 1.00. The third kappa shape index (κ3) is 5.56. The topological polar surface area (TPSA) is 45.0 Å². The van der Waals surface area contributed by atoms with E-state index in [1.807, 2.05) is 6.92 Å². The van der Waals surface area contributed by atoms with Crippen molar-refractivity contribution in [3.8, 4) is 0 Å². The Labute approximate surface area is 43.1 Å². The van der Waals surface area contributed by atoms with E-state index in [1.54, 1.807) is 6.92 Å². The van der Waals surface area contributed by atoms with Crippen molar-refractivity contribution in [3.63, 3.8) is 0 Å². The number of azo groups is 1. The van der Waals surface area contributed by atoms with Crippen molar-refractivity contribution in [3.05, 3.63) is 0 Å². The van der Waals surface area contributed by atoms with Crippen LogP contribution in [-0.4, -0.2) is 17.9 Å². The molecule has 0 saturated heterocycles. The smallest absolute Gasteiger partial charge is 0.162 e. The SMILES string of the molecule is CC/N=N/C(C)O. The van der Waals surface area contributed by atoms with Crippen LogP contribution in [0.4, 0.5) is 0 Å². The normalized spacial score (nSPS) is 15.3. The second kappa shape index (κ2) is 3.74. The molecule has 0 rings (SSSR count). The van der Waals surface area contributed by atoms with Crippen molar-refractivity contribution in [2.75, 3.05) is 6.54 Å². The zero-order valence-corrected chi connectivity index (χ0v) is 4.63. The zero-order valence-electron chi connectivity index (χ0n) is 4.63. The van der Waals surface area contributed by atoms with Crippen LogP contribution in [0.2, 0.25) is 0 Å². The molecule has 3 nitrogen and oxygen atoms in total. The number of hydrogen-bond acceptors (Lipinski definition) is 3. The van der Waals surface area contributed by atoms with Crippen molar-refractivity contribution in [1.29, 1.82) is 0 Å². The van der Waals surface area contributed by atoms with Gasteiger partial charge in [-0.05, 0) is 13.8 Å². The summed E-state index contributed by atoms with van der Waals surface area (Å²) in [5.74, 6) is 0. The Morgan fingerprint density at radius 3 is 2.43 bits per heavy atom. The highest BCUT2D eigenvalue weighted by molar-refractivity contribution is 4.32. The van der Waals surface area contributed by atoms with Crippen LogP contribution in [-0.2, 0) is 0 Å². The first-order chi connectivity index (χ1) is 3.27. The summed E-state index contributed by atoms with van der Waals surface area (Å²) in [5.41, 5.74) is 0. The molecule has 0 aromatic carbocycles. The maximum Gasteiger partial charge on any atom is 0.162 e. The predicted octanol–water partition coefficient (Wildman–Crippen LogP) is 0.797. The van der Waals surface area contributed by atoms with Gasteiger partial charge in [0.1, 0.15) is 0 Å². The van der Waals surface area contributed by atoms with Crippen LogP contribution < -0.4 is 0 Å². The van der Waals surface area contributed by atoms with Crippen LogP contribution in [0.15, 0.2) is 10.2 Å². The lowest BCUT2D eigenvalue weighted by atomic mass is 10.7. The molecule has 1 unspecified atom stereocenters. The molecular formula is C4H10N2O. The summed E-state index contributed by atoms with van der Waals surface area (Å²) in [5, 5.41) is 15.4. The van der Waals surface area contributed by atoms with Gasteiger partial charge in [-0.3, -0.25) is 0 Å². The highest BCUT2D eigenvalue weighted by Gasteiger charge is 1.81. The molecule has 0 heterocycles. The third-order valence-corrected chi connectivity index (χ3v) is 0.390. The van der Waals surface area contributed by atoms with E-state index in [0.717, 1.165) is 0 Å². The molecule has 1 atom stereocenters. The monoisotopic (exact) mass is 102 g/mol. The quantitative estimate of drug-likeness (QED) is 0.515. The predicted molar refractivity (Wildman–Crippen MR) is 27.1 cm³/mol. The fourth-order valence-electron chi connectivity index (χ4n) is 0.200. The number of aliphatic hydroxyl groups is 1. The third-order valence-electron chi connectivity index (χ3n) is 0.390. The van der Waals surface area contributed by atoms with Crippen molar-refractivity contribution in [1.82, 2.24) is 0 Å². The van der Waals surface area contributed by atoms with Crippen molar-refractivity contribution < 1.29 is 5.11 Å². The van der Waals surface area contributed by atoms with Gasteiger partial charge in [0.2, 0.25) is 0 Å². The van der Waals surface area contributed by atoms with E-state index >= 15 is 0 Å². The Hall–Kier alpha value is -0.440. The van der Waals surface area contributed by atoms with Crippen LogP contribution in [0, 0.1) is 0 Å². The summed E-state index contributed by atoms with van der Waals surface area (Å²) in [6.07, 6.45) is -0.639. The summed E-state index contributed by atoms with van der Waals surface area (Å²) >= 11 is 0. The maximum absolute atomic E-state index is 8.42. The lowest BCUT2D eigenvalue weighted by molar-refractivity contribution is 0.196. The molecule has 0 radical (unpaired) electrons. The van der Waals surface area contributed by atoms with Crippen LogP contribution in [0.1, 0.15) is 13.8 Å². The molecular weight excluding hydrogens is 92.1 g/mol. The molecule has 0 bridgehead atoms. The van der Waals surface area contributed by atoms with E-state index in [2.05, 4.69) is 10.2 Å². The number of rotatable bonds is 2. The first-order valence-electron chi connectivity index (χ1n) is 2.32. The summed E-state index contributed by atoms with van der Waals surface area (Å²) in [6, 6.07) is 0. The van der Waals surface area contributed by atoms with Crippen LogP contribution in [0.5, 0.6) is 0 Å². The molecule has 0 aliphatic carbocycles. The Kier molecular flexibility index (Phi) is 3.50. The Morgan fingerprint density at radius 2 is 2.29 bits per heavy atom. The van der Waals surface area contributed by atoms with Crippen molar-refractivity contribution in [2.45, 2.75) is 20.1 Å². The van der Waals surface area contributed by atoms with Gasteiger partial charge in [0.15, 0.2) is 6.23 Å². The first-order valence-corrected chi connectivity index (χ1v) is 2.32. The van der Waals surface area contributed by atoms with E-state index in [1.165, 1.54) is 0 Å². The fourth-order valence-corrected chi connectivity index (χ4v) is 0.200. The summed E-state index contributed by atoms with van der Waals surface area (Å²) in [6.45, 7) is 4.08. The van der Waals surface area contributed by atoms with E-state index in [-0.39, 0.29) is 0 Å². The standard InChI is InChI=1S/C4H10N2O/c1-3-5-6-4(2)7/h4,7H,3H2,1-2H3/b6-5+. The van der Waals surface area contributed by atoms with Gasteiger partial charge in [-0.2, -0.15) is 10.2 Å². The molecule has 0 aliphatic rings. The number of nitrogens with zero attached hydrogens (tertiary/aromatic N) is 2. The van der Waals surface area contributed by atoms with Gasteiger partial charge in [0, 0.05) is 0 Å². The van der Waals surface area contributed by atoms with E-state index in [4.69, 9.17) is 5.11 Å². The summed E-state index contributed by atoms with van der Waals surface area (Å²) in [4.78, 5) is 0. The Bertz CT molecular complexity index is 60.7. The lowest BCUT2D eigenvalue weighted by Crippen LogP contribution is -1.90. The summed E-state index contributed by atoms with van der Waals surface area (Å²) < 4.78 is 0. The van der Waals surface area contributed by atoms with Crippen LogP contribution in [0.3, 0.4) is 0 Å². The summed E-state index contributed by atoms with van der Waals surface area (Å²) in [7, 11) is 0. The minimum Gasteiger partial charge on any atom is -0.370 e. The molecule has 0 aromatic rings.